The van der Waals surface area contributed by atoms with E-state index in [1.165, 1.54) is 0 Å². The summed E-state index contributed by atoms with van der Waals surface area (Å²) < 4.78 is 0. The Balaban J connectivity index is 2.83. The third-order valence-corrected chi connectivity index (χ3v) is 3.15. The molecule has 0 saturated heterocycles. The van der Waals surface area contributed by atoms with Crippen LogP contribution in [0.2, 0.25) is 0 Å². The maximum absolute atomic E-state index is 12.0. The first kappa shape index (κ1) is 12.4. The van der Waals surface area contributed by atoms with Gasteiger partial charge in [-0.05, 0) is 12.8 Å². The first-order valence-corrected chi connectivity index (χ1v) is 5.49. The van der Waals surface area contributed by atoms with E-state index in [0.717, 1.165) is 0 Å². The molecule has 0 N–H and O–H groups in total. The van der Waals surface area contributed by atoms with Crippen LogP contribution in [0, 0.1) is 22.7 Å². The molecular formula is C14H17NO. The van der Waals surface area contributed by atoms with Crippen molar-refractivity contribution < 1.29 is 4.79 Å². The molecule has 0 aliphatic rings. The summed E-state index contributed by atoms with van der Waals surface area (Å²) in [6, 6.07) is 11.4. The van der Waals surface area contributed by atoms with E-state index in [2.05, 4.69) is 6.07 Å². The molecule has 0 bridgehead atoms. The number of carbonyl (C=O) groups is 1. The van der Waals surface area contributed by atoms with Crippen LogP contribution in [0.25, 0.3) is 0 Å². The Labute approximate surface area is 96.9 Å². The molecule has 1 atom stereocenters. The summed E-state index contributed by atoms with van der Waals surface area (Å²) in [7, 11) is 0. The highest BCUT2D eigenvalue weighted by molar-refractivity contribution is 5.96. The molecule has 0 fully saturated rings. The summed E-state index contributed by atoms with van der Waals surface area (Å²) in [6.45, 7) is 5.79. The molecule has 0 spiro atoms. The molecule has 0 aliphatic heterocycles. The largest absolute Gasteiger partial charge is 0.294 e. The molecular weight excluding hydrogens is 198 g/mol. The lowest BCUT2D eigenvalue weighted by atomic mass is 9.76. The van der Waals surface area contributed by atoms with Gasteiger partial charge in [0.15, 0.2) is 5.78 Å². The van der Waals surface area contributed by atoms with Crippen LogP contribution in [0.1, 0.15) is 37.6 Å². The summed E-state index contributed by atoms with van der Waals surface area (Å²) in [4.78, 5) is 12.0. The third-order valence-electron chi connectivity index (χ3n) is 3.15. The maximum atomic E-state index is 12.0. The number of ketones is 1. The molecule has 16 heavy (non-hydrogen) atoms. The zero-order valence-electron chi connectivity index (χ0n) is 10.0. The number of carbonyl (C=O) groups excluding carboxylic acids is 1. The molecule has 0 aliphatic carbocycles. The molecule has 0 heterocycles. The van der Waals surface area contributed by atoms with Gasteiger partial charge in [0.25, 0.3) is 0 Å². The van der Waals surface area contributed by atoms with Gasteiger partial charge in [-0.3, -0.25) is 4.79 Å². The molecule has 2 nitrogen and oxygen atoms in total. The monoisotopic (exact) mass is 215 g/mol. The van der Waals surface area contributed by atoms with E-state index in [1.807, 2.05) is 39.0 Å². The first-order valence-electron chi connectivity index (χ1n) is 5.49. The minimum atomic E-state index is -0.576. The van der Waals surface area contributed by atoms with Gasteiger partial charge in [0.2, 0.25) is 0 Å². The number of Topliss-reactive ketones (excluding diaryl/α,β-unsaturated/α-hetero) is 1. The Morgan fingerprint density at radius 2 is 1.94 bits per heavy atom. The van der Waals surface area contributed by atoms with Crippen LogP contribution >= 0.6 is 0 Å². The molecule has 84 valence electrons. The second kappa shape index (κ2) is 4.94. The summed E-state index contributed by atoms with van der Waals surface area (Å²) in [5, 5.41) is 9.15. The molecule has 0 radical (unpaired) electrons. The van der Waals surface area contributed by atoms with Crippen LogP contribution in [0.5, 0.6) is 0 Å². The smallest absolute Gasteiger partial charge is 0.164 e. The summed E-state index contributed by atoms with van der Waals surface area (Å²) in [5.41, 5.74) is 0.108. The van der Waals surface area contributed by atoms with Crippen molar-refractivity contribution in [1.29, 1.82) is 5.26 Å². The highest BCUT2D eigenvalue weighted by atomic mass is 16.1. The number of benzene rings is 1. The van der Waals surface area contributed by atoms with Crippen molar-refractivity contribution in [3.63, 3.8) is 0 Å². The van der Waals surface area contributed by atoms with E-state index in [9.17, 15) is 4.79 Å². The zero-order valence-corrected chi connectivity index (χ0v) is 10.0. The molecule has 0 saturated carbocycles. The van der Waals surface area contributed by atoms with Crippen molar-refractivity contribution in [3.05, 3.63) is 35.9 Å². The molecule has 1 unspecified atom stereocenters. The Morgan fingerprint density at radius 3 is 2.38 bits per heavy atom. The minimum absolute atomic E-state index is 0.0401. The second-order valence-electron chi connectivity index (χ2n) is 4.65. The van der Waals surface area contributed by atoms with Gasteiger partial charge in [-0.2, -0.15) is 5.26 Å². The van der Waals surface area contributed by atoms with Gasteiger partial charge in [0, 0.05) is 12.0 Å². The Hall–Kier alpha value is -1.62. The standard InChI is InChI=1S/C14H17NO/c1-11(2)14(3,10-15)9-13(16)12-7-5-4-6-8-12/h4-8,11H,9H2,1-3H3. The van der Waals surface area contributed by atoms with Crippen molar-refractivity contribution in [1.82, 2.24) is 0 Å². The topological polar surface area (TPSA) is 40.9 Å². The van der Waals surface area contributed by atoms with Gasteiger partial charge in [-0.25, -0.2) is 0 Å². The van der Waals surface area contributed by atoms with Crippen molar-refractivity contribution in [2.75, 3.05) is 0 Å². The fraction of sp³-hybridized carbons (Fsp3) is 0.429. The average molecular weight is 215 g/mol. The van der Waals surface area contributed by atoms with Crippen LogP contribution < -0.4 is 0 Å². The SMILES string of the molecule is CC(C)C(C)(C#N)CC(=O)c1ccccc1. The fourth-order valence-electron chi connectivity index (χ4n) is 1.43. The summed E-state index contributed by atoms with van der Waals surface area (Å²) in [5.74, 6) is 0.212. The van der Waals surface area contributed by atoms with Crippen molar-refractivity contribution in [3.8, 4) is 6.07 Å². The van der Waals surface area contributed by atoms with Crippen molar-refractivity contribution in [2.24, 2.45) is 11.3 Å². The highest BCUT2D eigenvalue weighted by Crippen LogP contribution is 2.31. The number of hydrogen-bond acceptors (Lipinski definition) is 2. The molecule has 0 aromatic heterocycles. The van der Waals surface area contributed by atoms with Crippen LogP contribution in [-0.4, -0.2) is 5.78 Å². The lowest BCUT2D eigenvalue weighted by Gasteiger charge is -2.24. The van der Waals surface area contributed by atoms with Gasteiger partial charge in [0.05, 0.1) is 11.5 Å². The average Bonchev–Trinajstić information content (AvgIpc) is 2.29. The van der Waals surface area contributed by atoms with Crippen molar-refractivity contribution >= 4 is 5.78 Å². The van der Waals surface area contributed by atoms with E-state index in [-0.39, 0.29) is 18.1 Å². The molecule has 1 aromatic carbocycles. The Morgan fingerprint density at radius 1 is 1.38 bits per heavy atom. The number of nitrogens with zero attached hydrogens (tertiary/aromatic N) is 1. The Kier molecular flexibility index (Phi) is 3.84. The van der Waals surface area contributed by atoms with E-state index in [1.54, 1.807) is 12.1 Å². The predicted molar refractivity (Wildman–Crippen MR) is 63.9 cm³/mol. The van der Waals surface area contributed by atoms with Crippen LogP contribution in [0.15, 0.2) is 30.3 Å². The van der Waals surface area contributed by atoms with Crippen LogP contribution in [0.3, 0.4) is 0 Å². The highest BCUT2D eigenvalue weighted by Gasteiger charge is 2.31. The number of rotatable bonds is 4. The fourth-order valence-corrected chi connectivity index (χ4v) is 1.43. The normalized spacial score (nSPS) is 14.2. The molecule has 0 amide bonds. The molecule has 2 heteroatoms. The van der Waals surface area contributed by atoms with Gasteiger partial charge in [-0.15, -0.1) is 0 Å². The summed E-state index contributed by atoms with van der Waals surface area (Å²) in [6.07, 6.45) is 0.283. The van der Waals surface area contributed by atoms with Gasteiger partial charge in [-0.1, -0.05) is 44.2 Å². The molecule has 1 aromatic rings. The van der Waals surface area contributed by atoms with E-state index in [0.29, 0.717) is 5.56 Å². The number of hydrogen-bond donors (Lipinski definition) is 0. The van der Waals surface area contributed by atoms with E-state index < -0.39 is 5.41 Å². The van der Waals surface area contributed by atoms with Crippen molar-refractivity contribution in [2.45, 2.75) is 27.2 Å². The minimum Gasteiger partial charge on any atom is -0.294 e. The zero-order chi connectivity index (χ0) is 12.2. The second-order valence-corrected chi connectivity index (χ2v) is 4.65. The quantitative estimate of drug-likeness (QED) is 0.722. The van der Waals surface area contributed by atoms with Gasteiger partial charge >= 0.3 is 0 Å². The number of nitriles is 1. The van der Waals surface area contributed by atoms with Crippen LogP contribution in [-0.2, 0) is 0 Å². The summed E-state index contributed by atoms with van der Waals surface area (Å²) >= 11 is 0. The third kappa shape index (κ3) is 2.70. The predicted octanol–water partition coefficient (Wildman–Crippen LogP) is 3.45. The van der Waals surface area contributed by atoms with Gasteiger partial charge < -0.3 is 0 Å². The van der Waals surface area contributed by atoms with Crippen LogP contribution in [0.4, 0.5) is 0 Å². The van der Waals surface area contributed by atoms with Gasteiger partial charge in [0.1, 0.15) is 0 Å². The molecule has 1 rings (SSSR count). The van der Waals surface area contributed by atoms with E-state index in [4.69, 9.17) is 5.26 Å². The van der Waals surface area contributed by atoms with E-state index >= 15 is 0 Å². The lowest BCUT2D eigenvalue weighted by Crippen LogP contribution is -2.25. The maximum Gasteiger partial charge on any atom is 0.164 e. The first-order chi connectivity index (χ1) is 7.49. The Bertz CT molecular complexity index is 402. The lowest BCUT2D eigenvalue weighted by molar-refractivity contribution is 0.0924.